The summed E-state index contributed by atoms with van der Waals surface area (Å²) in [4.78, 5) is 0. The Morgan fingerprint density at radius 3 is 1.25 bits per heavy atom. The summed E-state index contributed by atoms with van der Waals surface area (Å²) in [6.07, 6.45) is 0. The SMILES string of the molecule is [B]=O.[Ca+2].[O-2]. The van der Waals surface area contributed by atoms with Crippen LogP contribution in [0.3, 0.4) is 0 Å². The van der Waals surface area contributed by atoms with Gasteiger partial charge in [-0.3, -0.25) is 0 Å². The molecule has 4 heteroatoms. The van der Waals surface area contributed by atoms with Crippen LogP contribution in [-0.4, -0.2) is 45.5 Å². The van der Waals surface area contributed by atoms with Crippen molar-refractivity contribution in [3.63, 3.8) is 0 Å². The molecular formula is BCaO2. The summed E-state index contributed by atoms with van der Waals surface area (Å²) in [7, 11) is 3.25. The van der Waals surface area contributed by atoms with Gasteiger partial charge >= 0.3 is 50.2 Å². The fourth-order valence-electron chi connectivity index (χ4n) is 0. The molecule has 0 rings (SSSR count). The topological polar surface area (TPSA) is 45.6 Å². The van der Waals surface area contributed by atoms with Crippen LogP contribution >= 0.6 is 0 Å². The van der Waals surface area contributed by atoms with E-state index in [0.29, 0.717) is 0 Å². The molecular weight excluding hydrogens is 82.9 g/mol. The van der Waals surface area contributed by atoms with Crippen molar-refractivity contribution < 1.29 is 10.2 Å². The van der Waals surface area contributed by atoms with Gasteiger partial charge in [0.15, 0.2) is 0 Å². The van der Waals surface area contributed by atoms with Gasteiger partial charge in [0, 0.05) is 0 Å². The summed E-state index contributed by atoms with van der Waals surface area (Å²) >= 11 is 0. The summed E-state index contributed by atoms with van der Waals surface area (Å²) in [6.45, 7) is 0. The van der Waals surface area contributed by atoms with Crippen LogP contribution in [0.25, 0.3) is 0 Å². The molecule has 0 aromatic rings. The molecule has 0 aliphatic carbocycles. The van der Waals surface area contributed by atoms with Crippen LogP contribution in [0.4, 0.5) is 0 Å². The molecule has 0 aromatic carbocycles. The number of hydrogen-bond donors (Lipinski definition) is 0. The van der Waals surface area contributed by atoms with E-state index in [1.54, 1.807) is 0 Å². The van der Waals surface area contributed by atoms with Gasteiger partial charge in [-0.25, -0.2) is 0 Å². The first kappa shape index (κ1) is 19.5. The van der Waals surface area contributed by atoms with Crippen LogP contribution < -0.4 is 0 Å². The second kappa shape index (κ2) is 33.0. The van der Waals surface area contributed by atoms with Gasteiger partial charge in [0.2, 0.25) is 0 Å². The van der Waals surface area contributed by atoms with E-state index in [9.17, 15) is 0 Å². The van der Waals surface area contributed by atoms with Crippen LogP contribution in [0.2, 0.25) is 0 Å². The van der Waals surface area contributed by atoms with Gasteiger partial charge < -0.3 is 5.48 Å². The van der Waals surface area contributed by atoms with Gasteiger partial charge in [-0.15, -0.1) is 0 Å². The van der Waals surface area contributed by atoms with E-state index in [1.165, 1.54) is 0 Å². The van der Waals surface area contributed by atoms with Crippen molar-refractivity contribution in [3.05, 3.63) is 0 Å². The first-order chi connectivity index (χ1) is 1.00. The Morgan fingerprint density at radius 1 is 1.25 bits per heavy atom. The van der Waals surface area contributed by atoms with E-state index < -0.39 is 0 Å². The second-order valence-corrected chi connectivity index (χ2v) is 0. The van der Waals surface area contributed by atoms with E-state index in [1.807, 2.05) is 0 Å². The molecule has 0 N–H and O–H groups in total. The summed E-state index contributed by atoms with van der Waals surface area (Å²) in [5.41, 5.74) is 0. The van der Waals surface area contributed by atoms with Gasteiger partial charge in [-0.1, -0.05) is 0 Å². The summed E-state index contributed by atoms with van der Waals surface area (Å²) < 4.78 is 7.75. The quantitative estimate of drug-likeness (QED) is 0.346. The standard InChI is InChI=1S/BO.Ca.O/c1-2;;/q;+2;-2. The molecule has 0 aromatic heterocycles. The van der Waals surface area contributed by atoms with E-state index in [4.69, 9.17) is 4.70 Å². The third-order valence-corrected chi connectivity index (χ3v) is 0. The van der Waals surface area contributed by atoms with Gasteiger partial charge in [0.05, 0.1) is 0 Å². The van der Waals surface area contributed by atoms with Crippen molar-refractivity contribution in [1.29, 1.82) is 0 Å². The molecule has 2 nitrogen and oxygen atoms in total. The molecule has 0 aliphatic heterocycles. The monoisotopic (exact) mass is 83.0 g/mol. The van der Waals surface area contributed by atoms with Gasteiger partial charge in [-0.05, 0) is 0 Å². The average molecular weight is 82.9 g/mol. The largest absolute Gasteiger partial charge is 2.00 e. The third-order valence-electron chi connectivity index (χ3n) is 0. The maximum absolute atomic E-state index is 7.75. The van der Waals surface area contributed by atoms with Gasteiger partial charge in [0.25, 0.3) is 0 Å². The van der Waals surface area contributed by atoms with Crippen molar-refractivity contribution in [2.24, 2.45) is 0 Å². The van der Waals surface area contributed by atoms with Crippen molar-refractivity contribution >= 4 is 45.5 Å². The Morgan fingerprint density at radius 2 is 1.25 bits per heavy atom. The molecule has 0 bridgehead atoms. The molecule has 17 valence electrons. The first-order valence-corrected chi connectivity index (χ1v) is 0.236. The molecule has 0 saturated carbocycles. The van der Waals surface area contributed by atoms with Crippen molar-refractivity contribution in [2.75, 3.05) is 0 Å². The normalized spacial score (nSPS) is 0.750. The molecule has 1 radical (unpaired) electrons. The van der Waals surface area contributed by atoms with Crippen molar-refractivity contribution in [1.82, 2.24) is 0 Å². The molecule has 0 spiro atoms. The molecule has 0 saturated heterocycles. The summed E-state index contributed by atoms with van der Waals surface area (Å²) in [5.74, 6) is 0. The smallest absolute Gasteiger partial charge is 2.00 e. The Bertz CT molecular complexity index is 6.00. The fraction of sp³-hybridized carbons (Fsp3) is 0. The maximum atomic E-state index is 7.75. The summed E-state index contributed by atoms with van der Waals surface area (Å²) in [5, 5.41) is 0. The Kier molecular flexibility index (Phi) is 161. The molecule has 0 heterocycles. The Hall–Kier alpha value is 1.08. The zero-order valence-corrected chi connectivity index (χ0v) is 4.31. The first-order valence-electron chi connectivity index (χ1n) is 0.236. The minimum absolute atomic E-state index is 0. The second-order valence-electron chi connectivity index (χ2n) is 0. The van der Waals surface area contributed by atoms with Crippen LogP contribution in [0.15, 0.2) is 0 Å². The molecule has 0 fully saturated rings. The van der Waals surface area contributed by atoms with Crippen LogP contribution in [0, 0.1) is 0 Å². The zero-order valence-electron chi connectivity index (χ0n) is 2.10. The molecule has 0 unspecified atom stereocenters. The predicted molar refractivity (Wildman–Crippen MR) is 12.9 cm³/mol. The maximum Gasteiger partial charge on any atom is 2.00 e. The molecule has 0 atom stereocenters. The summed E-state index contributed by atoms with van der Waals surface area (Å²) in [6, 6.07) is 0. The molecule has 4 heavy (non-hydrogen) atoms. The third kappa shape index (κ3) is 11.4. The predicted octanol–water partition coefficient (Wildman–Crippen LogP) is -0.999. The van der Waals surface area contributed by atoms with E-state index in [-0.39, 0.29) is 43.2 Å². The van der Waals surface area contributed by atoms with Gasteiger partial charge in [-0.2, -0.15) is 0 Å². The fourth-order valence-corrected chi connectivity index (χ4v) is 0. The minimum Gasteiger partial charge on any atom is -2.00 e. The van der Waals surface area contributed by atoms with Crippen LogP contribution in [0.1, 0.15) is 0 Å². The van der Waals surface area contributed by atoms with E-state index >= 15 is 0 Å². The van der Waals surface area contributed by atoms with Crippen LogP contribution in [0.5, 0.6) is 0 Å². The number of rotatable bonds is 0. The van der Waals surface area contributed by atoms with Crippen molar-refractivity contribution in [3.8, 4) is 0 Å². The van der Waals surface area contributed by atoms with Crippen LogP contribution in [-0.2, 0) is 10.2 Å². The van der Waals surface area contributed by atoms with Gasteiger partial charge in [0.1, 0.15) is 0 Å². The van der Waals surface area contributed by atoms with Crippen molar-refractivity contribution in [2.45, 2.75) is 0 Å². The number of hydrogen-bond acceptors (Lipinski definition) is 1. The molecule has 0 aliphatic rings. The zero-order chi connectivity index (χ0) is 2.00. The minimum atomic E-state index is 0. The van der Waals surface area contributed by atoms with E-state index in [0.717, 1.165) is 0 Å². The van der Waals surface area contributed by atoms with E-state index in [2.05, 4.69) is 7.72 Å². The molecule has 0 amide bonds. The average Bonchev–Trinajstić information content (AvgIpc) is 1.00. The Labute approximate surface area is 55.3 Å². The Balaban J connectivity index is -0.00000000500.